The molecule has 0 radical (unpaired) electrons. The van der Waals surface area contributed by atoms with Gasteiger partial charge in [-0.3, -0.25) is 9.59 Å². The minimum Gasteiger partial charge on any atom is -0.483 e. The lowest BCUT2D eigenvalue weighted by atomic mass is 10.1. The van der Waals surface area contributed by atoms with E-state index in [-0.39, 0.29) is 23.3 Å². The lowest BCUT2D eigenvalue weighted by molar-refractivity contribution is -0.113. The number of aromatic nitrogens is 3. The molecule has 7 nitrogen and oxygen atoms in total. The number of nitrogens with zero attached hydrogens (tertiary/aromatic N) is 3. The van der Waals surface area contributed by atoms with Crippen LogP contribution in [0.3, 0.4) is 0 Å². The van der Waals surface area contributed by atoms with E-state index in [9.17, 15) is 14.0 Å². The molecule has 1 amide bonds. The van der Waals surface area contributed by atoms with Gasteiger partial charge in [0.15, 0.2) is 22.9 Å². The summed E-state index contributed by atoms with van der Waals surface area (Å²) in [5.74, 6) is 1.01. The predicted molar refractivity (Wildman–Crippen MR) is 126 cm³/mol. The van der Waals surface area contributed by atoms with Crippen LogP contribution >= 0.6 is 11.8 Å². The van der Waals surface area contributed by atoms with E-state index < -0.39 is 6.10 Å². The van der Waals surface area contributed by atoms with Crippen molar-refractivity contribution in [3.05, 3.63) is 65.7 Å². The van der Waals surface area contributed by atoms with Gasteiger partial charge in [0.25, 0.3) is 0 Å². The lowest BCUT2D eigenvalue weighted by Crippen LogP contribution is -2.17. The summed E-state index contributed by atoms with van der Waals surface area (Å²) in [6.07, 6.45) is -0.417. The van der Waals surface area contributed by atoms with Gasteiger partial charge in [0, 0.05) is 17.8 Å². The molecule has 1 N–H and O–H groups in total. The molecule has 1 aromatic heterocycles. The first-order chi connectivity index (χ1) is 15.7. The molecule has 0 fully saturated rings. The molecule has 174 valence electrons. The van der Waals surface area contributed by atoms with Crippen molar-refractivity contribution < 1.29 is 18.7 Å². The molecule has 9 heteroatoms. The molecule has 2 aromatic carbocycles. The van der Waals surface area contributed by atoms with Crippen LogP contribution in [0.4, 0.5) is 10.1 Å². The first-order valence-electron chi connectivity index (χ1n) is 10.6. The van der Waals surface area contributed by atoms with Crippen molar-refractivity contribution in [1.82, 2.24) is 14.8 Å². The van der Waals surface area contributed by atoms with Crippen LogP contribution in [0.1, 0.15) is 50.0 Å². The van der Waals surface area contributed by atoms with E-state index in [1.54, 1.807) is 36.4 Å². The molecule has 0 aliphatic rings. The highest BCUT2D eigenvalue weighted by atomic mass is 32.2. The Bertz CT molecular complexity index is 1120. The Labute approximate surface area is 196 Å². The summed E-state index contributed by atoms with van der Waals surface area (Å²) in [5, 5.41) is 12.0. The first-order valence-corrected chi connectivity index (χ1v) is 11.6. The smallest absolute Gasteiger partial charge is 0.234 e. The third-order valence-corrected chi connectivity index (χ3v) is 5.64. The zero-order valence-corrected chi connectivity index (χ0v) is 19.9. The zero-order valence-electron chi connectivity index (χ0n) is 19.0. The second-order valence-electron chi connectivity index (χ2n) is 8.03. The fourth-order valence-electron chi connectivity index (χ4n) is 3.16. The highest BCUT2D eigenvalue weighted by molar-refractivity contribution is 7.99. The van der Waals surface area contributed by atoms with Gasteiger partial charge >= 0.3 is 0 Å². The van der Waals surface area contributed by atoms with Gasteiger partial charge in [0.2, 0.25) is 5.91 Å². The SMILES string of the molecule is CC(=O)c1cccc(NC(=O)CSc2nnc(C(C)Oc3ccc(F)cc3)n2CC(C)C)c1. The van der Waals surface area contributed by atoms with Crippen LogP contribution in [-0.2, 0) is 11.3 Å². The van der Waals surface area contributed by atoms with Gasteiger partial charge in [-0.25, -0.2) is 4.39 Å². The number of Topliss-reactive ketones (excluding diaryl/α,β-unsaturated/α-hetero) is 1. The Kier molecular flexibility index (Phi) is 8.21. The van der Waals surface area contributed by atoms with Gasteiger partial charge in [-0.2, -0.15) is 0 Å². The highest BCUT2D eigenvalue weighted by Crippen LogP contribution is 2.26. The maximum atomic E-state index is 13.2. The summed E-state index contributed by atoms with van der Waals surface area (Å²) in [6.45, 7) is 8.16. The number of hydrogen-bond donors (Lipinski definition) is 1. The minimum atomic E-state index is -0.417. The van der Waals surface area contributed by atoms with Crippen molar-refractivity contribution in [2.24, 2.45) is 5.92 Å². The quantitative estimate of drug-likeness (QED) is 0.326. The Balaban J connectivity index is 1.69. The molecule has 0 spiro atoms. The number of amides is 1. The van der Waals surface area contributed by atoms with E-state index in [0.29, 0.717) is 40.4 Å². The molecule has 1 unspecified atom stereocenters. The number of nitrogens with one attached hydrogen (secondary N) is 1. The molecular weight excluding hydrogens is 443 g/mol. The normalized spacial score (nSPS) is 11.9. The van der Waals surface area contributed by atoms with E-state index in [2.05, 4.69) is 29.4 Å². The Morgan fingerprint density at radius 3 is 2.52 bits per heavy atom. The predicted octanol–water partition coefficient (Wildman–Crippen LogP) is 5.15. The number of halogens is 1. The summed E-state index contributed by atoms with van der Waals surface area (Å²) in [7, 11) is 0. The fraction of sp³-hybridized carbons (Fsp3) is 0.333. The summed E-state index contributed by atoms with van der Waals surface area (Å²) >= 11 is 1.28. The second-order valence-corrected chi connectivity index (χ2v) is 8.98. The summed E-state index contributed by atoms with van der Waals surface area (Å²) in [6, 6.07) is 12.6. The summed E-state index contributed by atoms with van der Waals surface area (Å²) in [4.78, 5) is 24.0. The Morgan fingerprint density at radius 2 is 1.85 bits per heavy atom. The Morgan fingerprint density at radius 1 is 1.12 bits per heavy atom. The molecule has 0 saturated heterocycles. The zero-order chi connectivity index (χ0) is 24.0. The van der Waals surface area contributed by atoms with E-state index in [0.717, 1.165) is 0 Å². The van der Waals surface area contributed by atoms with Crippen LogP contribution in [0.2, 0.25) is 0 Å². The van der Waals surface area contributed by atoms with Crippen LogP contribution in [0.25, 0.3) is 0 Å². The molecular formula is C24H27FN4O3S. The van der Waals surface area contributed by atoms with Crippen LogP contribution in [0, 0.1) is 11.7 Å². The molecule has 33 heavy (non-hydrogen) atoms. The van der Waals surface area contributed by atoms with E-state index in [1.807, 2.05) is 11.5 Å². The van der Waals surface area contributed by atoms with Crippen LogP contribution in [-0.4, -0.2) is 32.2 Å². The Hall–Kier alpha value is -3.20. The monoisotopic (exact) mass is 470 g/mol. The van der Waals surface area contributed by atoms with Gasteiger partial charge in [0.1, 0.15) is 11.6 Å². The van der Waals surface area contributed by atoms with Gasteiger partial charge < -0.3 is 14.6 Å². The standard InChI is InChI=1S/C24H27FN4O3S/c1-15(2)13-29-23(17(4)32-21-10-8-19(25)9-11-21)27-28-24(29)33-14-22(31)26-20-7-5-6-18(12-20)16(3)30/h5-12,15,17H,13-14H2,1-4H3,(H,26,31). The lowest BCUT2D eigenvalue weighted by Gasteiger charge is -2.17. The van der Waals surface area contributed by atoms with E-state index >= 15 is 0 Å². The van der Waals surface area contributed by atoms with Crippen molar-refractivity contribution in [1.29, 1.82) is 0 Å². The third-order valence-electron chi connectivity index (χ3n) is 4.67. The number of rotatable bonds is 10. The van der Waals surface area contributed by atoms with Gasteiger partial charge in [-0.1, -0.05) is 37.7 Å². The fourth-order valence-corrected chi connectivity index (χ4v) is 3.91. The number of thioether (sulfide) groups is 1. The second kappa shape index (κ2) is 11.1. The third kappa shape index (κ3) is 6.89. The minimum absolute atomic E-state index is 0.0632. The molecule has 0 aliphatic carbocycles. The van der Waals surface area contributed by atoms with Crippen molar-refractivity contribution in [3.63, 3.8) is 0 Å². The number of carbonyl (C=O) groups is 2. The van der Waals surface area contributed by atoms with Gasteiger partial charge in [0.05, 0.1) is 5.75 Å². The topological polar surface area (TPSA) is 86.1 Å². The van der Waals surface area contributed by atoms with Crippen molar-refractivity contribution >= 4 is 29.1 Å². The van der Waals surface area contributed by atoms with Gasteiger partial charge in [-0.05, 0) is 56.2 Å². The number of hydrogen-bond acceptors (Lipinski definition) is 6. The number of ether oxygens (including phenoxy) is 1. The molecule has 0 aliphatic heterocycles. The van der Waals surface area contributed by atoms with Gasteiger partial charge in [-0.15, -0.1) is 10.2 Å². The molecule has 0 saturated carbocycles. The number of anilines is 1. The summed E-state index contributed by atoms with van der Waals surface area (Å²) in [5.41, 5.74) is 1.11. The average Bonchev–Trinajstić information content (AvgIpc) is 3.16. The van der Waals surface area contributed by atoms with Crippen molar-refractivity contribution in [2.75, 3.05) is 11.1 Å². The molecule has 3 aromatic rings. The molecule has 1 atom stereocenters. The largest absolute Gasteiger partial charge is 0.483 e. The summed E-state index contributed by atoms with van der Waals surface area (Å²) < 4.78 is 21.0. The molecule has 3 rings (SSSR count). The van der Waals surface area contributed by atoms with Crippen molar-refractivity contribution in [2.45, 2.75) is 45.5 Å². The average molecular weight is 471 g/mol. The van der Waals surface area contributed by atoms with E-state index in [4.69, 9.17) is 4.74 Å². The number of carbonyl (C=O) groups excluding carboxylic acids is 2. The van der Waals surface area contributed by atoms with E-state index in [1.165, 1.54) is 30.8 Å². The van der Waals surface area contributed by atoms with Crippen molar-refractivity contribution in [3.8, 4) is 5.75 Å². The maximum Gasteiger partial charge on any atom is 0.234 e. The number of ketones is 1. The molecule has 1 heterocycles. The first kappa shape index (κ1) is 24.4. The van der Waals surface area contributed by atoms with Crippen LogP contribution in [0.15, 0.2) is 53.7 Å². The highest BCUT2D eigenvalue weighted by Gasteiger charge is 2.21. The van der Waals surface area contributed by atoms with Crippen LogP contribution in [0.5, 0.6) is 5.75 Å². The maximum absolute atomic E-state index is 13.2. The number of benzene rings is 2. The molecule has 0 bridgehead atoms. The van der Waals surface area contributed by atoms with Crippen LogP contribution < -0.4 is 10.1 Å².